The summed E-state index contributed by atoms with van der Waals surface area (Å²) in [6.45, 7) is 1.96. The number of rotatable bonds is 3. The van der Waals surface area contributed by atoms with Gasteiger partial charge in [-0.2, -0.15) is 0 Å². The third-order valence-electron chi connectivity index (χ3n) is 4.69. The quantitative estimate of drug-likeness (QED) is 0.829. The molecule has 0 aliphatic carbocycles. The van der Waals surface area contributed by atoms with Gasteiger partial charge in [-0.25, -0.2) is 4.39 Å². The molecule has 2 aliphatic heterocycles. The van der Waals surface area contributed by atoms with Gasteiger partial charge in [0.15, 0.2) is 0 Å². The Morgan fingerprint density at radius 2 is 1.85 bits per heavy atom. The number of carbonyl (C=O) groups is 2. The molecule has 0 spiro atoms. The van der Waals surface area contributed by atoms with Crippen LogP contribution in [-0.2, 0) is 9.53 Å². The van der Waals surface area contributed by atoms with Gasteiger partial charge in [-0.15, -0.1) is 12.4 Å². The molecule has 9 heteroatoms. The summed E-state index contributed by atoms with van der Waals surface area (Å²) < 4.78 is 19.5. The minimum absolute atomic E-state index is 0. The molecule has 2 amide bonds. The SMILES string of the molecule is Cl.NC[C@H]1CC[C@@H](C(=O)N2CCN(C(=O)c3ccc(Cl)cc3F)CC2)O1. The lowest BCUT2D eigenvalue weighted by molar-refractivity contribution is -0.144. The molecule has 2 fully saturated rings. The number of benzene rings is 1. The first-order chi connectivity index (χ1) is 12.0. The molecular weight excluding hydrogens is 384 g/mol. The molecule has 0 saturated carbocycles. The third-order valence-corrected chi connectivity index (χ3v) is 4.92. The largest absolute Gasteiger partial charge is 0.364 e. The number of amides is 2. The normalized spacial score (nSPS) is 22.9. The fourth-order valence-electron chi connectivity index (χ4n) is 3.23. The van der Waals surface area contributed by atoms with Gasteiger partial charge in [-0.3, -0.25) is 9.59 Å². The van der Waals surface area contributed by atoms with Gasteiger partial charge >= 0.3 is 0 Å². The molecule has 0 unspecified atom stereocenters. The smallest absolute Gasteiger partial charge is 0.256 e. The fourth-order valence-corrected chi connectivity index (χ4v) is 3.39. The van der Waals surface area contributed by atoms with E-state index in [2.05, 4.69) is 0 Å². The number of piperazine rings is 1. The summed E-state index contributed by atoms with van der Waals surface area (Å²) in [4.78, 5) is 28.2. The zero-order chi connectivity index (χ0) is 18.0. The molecular formula is C17H22Cl2FN3O3. The maximum Gasteiger partial charge on any atom is 0.256 e. The highest BCUT2D eigenvalue weighted by Crippen LogP contribution is 2.22. The zero-order valence-corrected chi connectivity index (χ0v) is 15.8. The number of nitrogens with zero attached hydrogens (tertiary/aromatic N) is 2. The van der Waals surface area contributed by atoms with Crippen LogP contribution in [0.15, 0.2) is 18.2 Å². The van der Waals surface area contributed by atoms with Crippen molar-refractivity contribution < 1.29 is 18.7 Å². The third kappa shape index (κ3) is 4.46. The standard InChI is InChI=1S/C17H21ClFN3O3.ClH/c18-11-1-3-13(14(19)9-11)16(23)21-5-7-22(8-6-21)17(24)15-4-2-12(10-20)25-15;/h1,3,9,12,15H,2,4-8,10,20H2;1H/t12-,15+;/m1./s1. The Balaban J connectivity index is 0.00000243. The number of carbonyl (C=O) groups excluding carboxylic acids is 2. The van der Waals surface area contributed by atoms with Gasteiger partial charge in [0.1, 0.15) is 11.9 Å². The van der Waals surface area contributed by atoms with Crippen LogP contribution in [0.25, 0.3) is 0 Å². The molecule has 2 aliphatic rings. The Bertz CT molecular complexity index is 669. The average molecular weight is 406 g/mol. The molecule has 0 bridgehead atoms. The predicted molar refractivity (Wildman–Crippen MR) is 98.1 cm³/mol. The second kappa shape index (κ2) is 8.99. The number of nitrogens with two attached hydrogens (primary N) is 1. The van der Waals surface area contributed by atoms with Crippen molar-refractivity contribution in [3.8, 4) is 0 Å². The number of hydrogen-bond acceptors (Lipinski definition) is 4. The van der Waals surface area contributed by atoms with Crippen molar-refractivity contribution in [1.82, 2.24) is 9.80 Å². The summed E-state index contributed by atoms with van der Waals surface area (Å²) in [7, 11) is 0. The van der Waals surface area contributed by atoms with Crippen molar-refractivity contribution >= 4 is 35.8 Å². The van der Waals surface area contributed by atoms with E-state index >= 15 is 0 Å². The Labute approximate surface area is 162 Å². The van der Waals surface area contributed by atoms with E-state index in [1.807, 2.05) is 0 Å². The van der Waals surface area contributed by atoms with Crippen molar-refractivity contribution in [2.75, 3.05) is 32.7 Å². The van der Waals surface area contributed by atoms with E-state index in [9.17, 15) is 14.0 Å². The zero-order valence-electron chi connectivity index (χ0n) is 14.2. The highest BCUT2D eigenvalue weighted by atomic mass is 35.5. The van der Waals surface area contributed by atoms with E-state index in [0.717, 1.165) is 12.5 Å². The summed E-state index contributed by atoms with van der Waals surface area (Å²) >= 11 is 5.72. The van der Waals surface area contributed by atoms with Gasteiger partial charge in [-0.05, 0) is 31.0 Å². The Hall–Kier alpha value is -1.41. The first-order valence-corrected chi connectivity index (χ1v) is 8.76. The van der Waals surface area contributed by atoms with E-state index < -0.39 is 11.9 Å². The van der Waals surface area contributed by atoms with Crippen LogP contribution < -0.4 is 5.73 Å². The minimum Gasteiger partial charge on any atom is -0.364 e. The molecule has 0 aromatic heterocycles. The van der Waals surface area contributed by atoms with Gasteiger partial charge in [0.2, 0.25) is 0 Å². The monoisotopic (exact) mass is 405 g/mol. The summed E-state index contributed by atoms with van der Waals surface area (Å²) in [5.41, 5.74) is 5.56. The number of halogens is 3. The van der Waals surface area contributed by atoms with Gasteiger partial charge in [0.25, 0.3) is 11.8 Å². The highest BCUT2D eigenvalue weighted by molar-refractivity contribution is 6.30. The minimum atomic E-state index is -0.636. The molecule has 1 aromatic rings. The maximum atomic E-state index is 13.9. The van der Waals surface area contributed by atoms with Crippen molar-refractivity contribution in [3.63, 3.8) is 0 Å². The summed E-state index contributed by atoms with van der Waals surface area (Å²) in [6.07, 6.45) is 0.978. The first kappa shape index (κ1) is 20.9. The molecule has 2 saturated heterocycles. The topological polar surface area (TPSA) is 75.9 Å². The van der Waals surface area contributed by atoms with Crippen LogP contribution in [0, 0.1) is 5.82 Å². The van der Waals surface area contributed by atoms with Gasteiger partial charge in [0.05, 0.1) is 11.7 Å². The molecule has 26 heavy (non-hydrogen) atoms. The Kier molecular flexibility index (Phi) is 7.23. The second-order valence-electron chi connectivity index (χ2n) is 6.30. The lowest BCUT2D eigenvalue weighted by atomic mass is 10.1. The van der Waals surface area contributed by atoms with Crippen molar-refractivity contribution in [2.45, 2.75) is 25.0 Å². The molecule has 1 aromatic carbocycles. The van der Waals surface area contributed by atoms with E-state index in [4.69, 9.17) is 22.1 Å². The van der Waals surface area contributed by atoms with Crippen LogP contribution in [0.2, 0.25) is 5.02 Å². The molecule has 2 heterocycles. The maximum absolute atomic E-state index is 13.9. The van der Waals surface area contributed by atoms with Crippen LogP contribution in [-0.4, -0.2) is 66.5 Å². The summed E-state index contributed by atoms with van der Waals surface area (Å²) in [5, 5.41) is 0.247. The molecule has 6 nitrogen and oxygen atoms in total. The van der Waals surface area contributed by atoms with Crippen LogP contribution in [0.1, 0.15) is 23.2 Å². The molecule has 0 radical (unpaired) electrons. The van der Waals surface area contributed by atoms with Gasteiger partial charge in [0, 0.05) is 37.7 Å². The van der Waals surface area contributed by atoms with Crippen LogP contribution in [0.4, 0.5) is 4.39 Å². The summed E-state index contributed by atoms with van der Waals surface area (Å²) in [6, 6.07) is 4.00. The lowest BCUT2D eigenvalue weighted by Gasteiger charge is -2.36. The average Bonchev–Trinajstić information content (AvgIpc) is 3.10. The van der Waals surface area contributed by atoms with Crippen LogP contribution in [0.5, 0.6) is 0 Å². The van der Waals surface area contributed by atoms with Crippen LogP contribution in [0.3, 0.4) is 0 Å². The Morgan fingerprint density at radius 1 is 1.19 bits per heavy atom. The first-order valence-electron chi connectivity index (χ1n) is 8.38. The second-order valence-corrected chi connectivity index (χ2v) is 6.74. The van der Waals surface area contributed by atoms with E-state index in [-0.39, 0.29) is 40.9 Å². The molecule has 3 rings (SSSR count). The van der Waals surface area contributed by atoms with Crippen molar-refractivity contribution in [3.05, 3.63) is 34.6 Å². The van der Waals surface area contributed by atoms with Crippen molar-refractivity contribution in [2.24, 2.45) is 5.73 Å². The highest BCUT2D eigenvalue weighted by Gasteiger charge is 2.35. The predicted octanol–water partition coefficient (Wildman–Crippen LogP) is 1.69. The van der Waals surface area contributed by atoms with E-state index in [0.29, 0.717) is 39.1 Å². The fraction of sp³-hybridized carbons (Fsp3) is 0.529. The van der Waals surface area contributed by atoms with Gasteiger partial charge < -0.3 is 20.3 Å². The van der Waals surface area contributed by atoms with Gasteiger partial charge in [-0.1, -0.05) is 11.6 Å². The summed E-state index contributed by atoms with van der Waals surface area (Å²) in [5.74, 6) is -1.08. The molecule has 2 N–H and O–H groups in total. The Morgan fingerprint density at radius 3 is 2.42 bits per heavy atom. The van der Waals surface area contributed by atoms with E-state index in [1.165, 1.54) is 12.1 Å². The van der Waals surface area contributed by atoms with E-state index in [1.54, 1.807) is 9.80 Å². The van der Waals surface area contributed by atoms with Crippen molar-refractivity contribution in [1.29, 1.82) is 0 Å². The van der Waals surface area contributed by atoms with Crippen LogP contribution >= 0.6 is 24.0 Å². The molecule has 2 atom stereocenters. The lowest BCUT2D eigenvalue weighted by Crippen LogP contribution is -2.53. The number of ether oxygens (including phenoxy) is 1. The molecule has 144 valence electrons. The number of hydrogen-bond donors (Lipinski definition) is 1.